The van der Waals surface area contributed by atoms with Gasteiger partial charge < -0.3 is 15.4 Å². The van der Waals surface area contributed by atoms with Gasteiger partial charge in [0.25, 0.3) is 5.91 Å². The SMILES string of the molecule is Cc1cc(Cl)ccc1Nc1cnc(C(=O)NCC2CCCO2)cn1. The maximum Gasteiger partial charge on any atom is 0.271 e. The summed E-state index contributed by atoms with van der Waals surface area (Å²) in [5, 5.41) is 6.67. The molecule has 0 radical (unpaired) electrons. The number of carbonyl (C=O) groups is 1. The van der Waals surface area contributed by atoms with Crippen molar-refractivity contribution in [2.24, 2.45) is 0 Å². The van der Waals surface area contributed by atoms with E-state index in [0.717, 1.165) is 30.7 Å². The van der Waals surface area contributed by atoms with Gasteiger partial charge in [-0.15, -0.1) is 0 Å². The molecule has 1 aliphatic rings. The van der Waals surface area contributed by atoms with Gasteiger partial charge >= 0.3 is 0 Å². The van der Waals surface area contributed by atoms with Crippen LogP contribution in [0.2, 0.25) is 5.02 Å². The number of hydrogen-bond acceptors (Lipinski definition) is 5. The van der Waals surface area contributed by atoms with Crippen molar-refractivity contribution in [3.8, 4) is 0 Å². The molecule has 0 spiro atoms. The highest BCUT2D eigenvalue weighted by Crippen LogP contribution is 2.22. The number of halogens is 1. The molecule has 0 bridgehead atoms. The van der Waals surface area contributed by atoms with Crippen molar-refractivity contribution in [1.29, 1.82) is 0 Å². The smallest absolute Gasteiger partial charge is 0.271 e. The minimum Gasteiger partial charge on any atom is -0.376 e. The van der Waals surface area contributed by atoms with Crippen molar-refractivity contribution in [2.75, 3.05) is 18.5 Å². The number of anilines is 2. The first-order chi connectivity index (χ1) is 11.6. The van der Waals surface area contributed by atoms with Crippen molar-refractivity contribution in [2.45, 2.75) is 25.9 Å². The molecule has 0 aliphatic carbocycles. The third kappa shape index (κ3) is 4.21. The fraction of sp³-hybridized carbons (Fsp3) is 0.353. The first-order valence-corrected chi connectivity index (χ1v) is 8.24. The highest BCUT2D eigenvalue weighted by Gasteiger charge is 2.17. The predicted molar refractivity (Wildman–Crippen MR) is 92.8 cm³/mol. The Kier molecular flexibility index (Phi) is 5.27. The molecule has 1 saturated heterocycles. The molecular formula is C17H19ClN4O2. The largest absolute Gasteiger partial charge is 0.376 e. The summed E-state index contributed by atoms with van der Waals surface area (Å²) in [5.74, 6) is 0.323. The van der Waals surface area contributed by atoms with E-state index in [1.165, 1.54) is 12.4 Å². The molecule has 1 fully saturated rings. The summed E-state index contributed by atoms with van der Waals surface area (Å²) in [4.78, 5) is 20.5. The van der Waals surface area contributed by atoms with Crippen LogP contribution in [0.25, 0.3) is 0 Å². The van der Waals surface area contributed by atoms with Crippen molar-refractivity contribution in [1.82, 2.24) is 15.3 Å². The minimum atomic E-state index is -0.243. The molecule has 0 saturated carbocycles. The highest BCUT2D eigenvalue weighted by molar-refractivity contribution is 6.30. The molecule has 126 valence electrons. The van der Waals surface area contributed by atoms with Crippen LogP contribution in [-0.2, 0) is 4.74 Å². The quantitative estimate of drug-likeness (QED) is 0.870. The Morgan fingerprint density at radius 3 is 2.92 bits per heavy atom. The van der Waals surface area contributed by atoms with Crippen LogP contribution in [0.5, 0.6) is 0 Å². The summed E-state index contributed by atoms with van der Waals surface area (Å²) in [5.41, 5.74) is 2.18. The third-order valence-electron chi connectivity index (χ3n) is 3.85. The average molecular weight is 347 g/mol. The molecule has 1 amide bonds. The van der Waals surface area contributed by atoms with Crippen molar-refractivity contribution < 1.29 is 9.53 Å². The van der Waals surface area contributed by atoms with Crippen LogP contribution in [0, 0.1) is 6.92 Å². The number of carbonyl (C=O) groups excluding carboxylic acids is 1. The average Bonchev–Trinajstić information content (AvgIpc) is 3.09. The number of nitrogens with one attached hydrogen (secondary N) is 2. The Hall–Kier alpha value is -2.18. The van der Waals surface area contributed by atoms with Gasteiger partial charge in [0.15, 0.2) is 0 Å². The first-order valence-electron chi connectivity index (χ1n) is 7.87. The normalized spacial score (nSPS) is 16.8. The molecular weight excluding hydrogens is 328 g/mol. The maximum atomic E-state index is 12.1. The zero-order valence-electron chi connectivity index (χ0n) is 13.4. The Labute approximate surface area is 145 Å². The second kappa shape index (κ2) is 7.59. The van der Waals surface area contributed by atoms with Gasteiger partial charge in [-0.3, -0.25) is 4.79 Å². The molecule has 2 heterocycles. The molecule has 1 atom stereocenters. The van der Waals surface area contributed by atoms with Crippen molar-refractivity contribution in [3.63, 3.8) is 0 Å². The van der Waals surface area contributed by atoms with Crippen molar-refractivity contribution in [3.05, 3.63) is 46.9 Å². The number of aryl methyl sites for hydroxylation is 1. The summed E-state index contributed by atoms with van der Waals surface area (Å²) in [6.07, 6.45) is 5.13. The molecule has 24 heavy (non-hydrogen) atoms. The number of ether oxygens (including phenoxy) is 1. The number of aromatic nitrogens is 2. The lowest BCUT2D eigenvalue weighted by Gasteiger charge is -2.11. The summed E-state index contributed by atoms with van der Waals surface area (Å²) < 4.78 is 5.47. The Bertz CT molecular complexity index is 715. The van der Waals surface area contributed by atoms with Gasteiger partial charge in [-0.1, -0.05) is 11.6 Å². The molecule has 2 N–H and O–H groups in total. The molecule has 3 rings (SSSR count). The number of nitrogens with zero attached hydrogens (tertiary/aromatic N) is 2. The standard InChI is InChI=1S/C17H19ClN4O2/c1-11-7-12(18)4-5-14(11)22-16-10-19-15(9-20-16)17(23)21-8-13-3-2-6-24-13/h4-5,7,9-10,13H,2-3,6,8H2,1H3,(H,20,22)(H,21,23). The molecule has 7 heteroatoms. The van der Waals surface area contributed by atoms with E-state index in [1.807, 2.05) is 19.1 Å². The van der Waals surface area contributed by atoms with Gasteiger partial charge in [-0.2, -0.15) is 0 Å². The van der Waals surface area contributed by atoms with E-state index in [1.54, 1.807) is 6.07 Å². The van der Waals surface area contributed by atoms with Crippen LogP contribution in [0.3, 0.4) is 0 Å². The second-order valence-electron chi connectivity index (χ2n) is 5.72. The molecule has 1 aromatic heterocycles. The Morgan fingerprint density at radius 1 is 1.38 bits per heavy atom. The van der Waals surface area contributed by atoms with Gasteiger partial charge in [0.2, 0.25) is 0 Å². The van der Waals surface area contributed by atoms with E-state index in [-0.39, 0.29) is 17.7 Å². The van der Waals surface area contributed by atoms with Crippen LogP contribution in [0.4, 0.5) is 11.5 Å². The Balaban J connectivity index is 1.59. The van der Waals surface area contributed by atoms with Gasteiger partial charge in [-0.05, 0) is 43.5 Å². The van der Waals surface area contributed by atoms with Crippen LogP contribution < -0.4 is 10.6 Å². The molecule has 1 aliphatic heterocycles. The van der Waals surface area contributed by atoms with Gasteiger partial charge in [0.05, 0.1) is 18.5 Å². The minimum absolute atomic E-state index is 0.107. The maximum absolute atomic E-state index is 12.1. The highest BCUT2D eigenvalue weighted by atomic mass is 35.5. The molecule has 6 nitrogen and oxygen atoms in total. The van der Waals surface area contributed by atoms with Gasteiger partial charge in [0.1, 0.15) is 11.5 Å². The van der Waals surface area contributed by atoms with E-state index >= 15 is 0 Å². The summed E-state index contributed by atoms with van der Waals surface area (Å²) >= 11 is 5.94. The van der Waals surface area contributed by atoms with E-state index in [2.05, 4.69) is 20.6 Å². The third-order valence-corrected chi connectivity index (χ3v) is 4.09. The van der Waals surface area contributed by atoms with E-state index in [0.29, 0.717) is 17.4 Å². The van der Waals surface area contributed by atoms with Crippen LogP contribution in [0.15, 0.2) is 30.6 Å². The van der Waals surface area contributed by atoms with E-state index in [4.69, 9.17) is 16.3 Å². The molecule has 1 aromatic carbocycles. The summed E-state index contributed by atoms with van der Waals surface area (Å²) in [7, 11) is 0. The van der Waals surface area contributed by atoms with Gasteiger partial charge in [0, 0.05) is 23.9 Å². The summed E-state index contributed by atoms with van der Waals surface area (Å²) in [6, 6.07) is 5.54. The lowest BCUT2D eigenvalue weighted by molar-refractivity contribution is 0.0853. The first kappa shape index (κ1) is 16.7. The van der Waals surface area contributed by atoms with Gasteiger partial charge in [-0.25, -0.2) is 9.97 Å². The van der Waals surface area contributed by atoms with E-state index in [9.17, 15) is 4.79 Å². The number of benzene rings is 1. The molecule has 2 aromatic rings. The molecule has 1 unspecified atom stereocenters. The second-order valence-corrected chi connectivity index (χ2v) is 6.15. The lowest BCUT2D eigenvalue weighted by Crippen LogP contribution is -2.32. The fourth-order valence-corrected chi connectivity index (χ4v) is 2.74. The number of rotatable bonds is 5. The zero-order chi connectivity index (χ0) is 16.9. The van der Waals surface area contributed by atoms with Crippen LogP contribution in [-0.4, -0.2) is 35.1 Å². The monoisotopic (exact) mass is 346 g/mol. The predicted octanol–water partition coefficient (Wildman–Crippen LogP) is 3.09. The topological polar surface area (TPSA) is 76.1 Å². The fourth-order valence-electron chi connectivity index (χ4n) is 2.52. The van der Waals surface area contributed by atoms with E-state index < -0.39 is 0 Å². The summed E-state index contributed by atoms with van der Waals surface area (Å²) in [6.45, 7) is 3.23. The number of hydrogen-bond donors (Lipinski definition) is 2. The van der Waals surface area contributed by atoms with Crippen LogP contribution >= 0.6 is 11.6 Å². The van der Waals surface area contributed by atoms with Crippen LogP contribution in [0.1, 0.15) is 28.9 Å². The lowest BCUT2D eigenvalue weighted by atomic mass is 10.2. The van der Waals surface area contributed by atoms with Crippen molar-refractivity contribution >= 4 is 29.0 Å². The Morgan fingerprint density at radius 2 is 2.25 bits per heavy atom. The number of amides is 1. The zero-order valence-corrected chi connectivity index (χ0v) is 14.1.